The maximum Gasteiger partial charge on any atom is 0.248 e. The molecule has 1 heterocycles. The first kappa shape index (κ1) is 13.8. The van der Waals surface area contributed by atoms with Crippen LogP contribution in [0.15, 0.2) is 18.3 Å². The fourth-order valence-corrected chi connectivity index (χ4v) is 2.14. The number of hydrogen-bond acceptors (Lipinski definition) is 4. The number of hydrogen-bond donors (Lipinski definition) is 2. The van der Waals surface area contributed by atoms with Crippen LogP contribution in [0.2, 0.25) is 0 Å². The highest BCUT2D eigenvalue weighted by atomic mass is 16.5. The van der Waals surface area contributed by atoms with Gasteiger partial charge in [0.05, 0.1) is 0 Å². The number of aromatic nitrogens is 1. The first-order valence-electron chi connectivity index (χ1n) is 6.72. The summed E-state index contributed by atoms with van der Waals surface area (Å²) in [5.74, 6) is 0.228. The number of nitrogens with zero attached hydrogens (tertiary/aromatic N) is 1. The van der Waals surface area contributed by atoms with Crippen molar-refractivity contribution in [3.63, 3.8) is 0 Å². The van der Waals surface area contributed by atoms with Gasteiger partial charge in [0.25, 0.3) is 0 Å². The molecule has 1 aromatic heterocycles. The lowest BCUT2D eigenvalue weighted by Gasteiger charge is -2.13. The van der Waals surface area contributed by atoms with Gasteiger partial charge in [-0.25, -0.2) is 4.98 Å². The predicted octanol–water partition coefficient (Wildman–Crippen LogP) is 1.40. The number of nitrogens with one attached hydrogen (secondary N) is 1. The van der Waals surface area contributed by atoms with Crippen molar-refractivity contribution >= 4 is 5.91 Å². The monoisotopic (exact) mass is 264 g/mol. The van der Waals surface area contributed by atoms with E-state index in [1.807, 2.05) is 12.1 Å². The lowest BCUT2D eigenvalue weighted by atomic mass is 10.2. The minimum atomic E-state index is -0.990. The van der Waals surface area contributed by atoms with Gasteiger partial charge in [-0.15, -0.1) is 0 Å². The molecule has 1 aromatic rings. The summed E-state index contributed by atoms with van der Waals surface area (Å²) in [6, 6.07) is 3.66. The van der Waals surface area contributed by atoms with Crippen LogP contribution in [-0.4, -0.2) is 28.2 Å². The van der Waals surface area contributed by atoms with E-state index in [0.29, 0.717) is 12.4 Å². The Morgan fingerprint density at radius 2 is 2.32 bits per heavy atom. The van der Waals surface area contributed by atoms with Crippen LogP contribution in [0.3, 0.4) is 0 Å². The maximum absolute atomic E-state index is 11.3. The largest absolute Gasteiger partial charge is 0.474 e. The van der Waals surface area contributed by atoms with Crippen molar-refractivity contribution in [1.82, 2.24) is 10.3 Å². The van der Waals surface area contributed by atoms with E-state index in [9.17, 15) is 4.79 Å². The number of carbonyl (C=O) groups excluding carboxylic acids is 1. The number of ether oxygens (including phenoxy) is 1. The summed E-state index contributed by atoms with van der Waals surface area (Å²) in [6.07, 6.45) is 5.57. The van der Waals surface area contributed by atoms with E-state index < -0.39 is 6.10 Å². The van der Waals surface area contributed by atoms with E-state index in [4.69, 9.17) is 9.84 Å². The smallest absolute Gasteiger partial charge is 0.248 e. The van der Waals surface area contributed by atoms with Crippen LogP contribution >= 0.6 is 0 Å². The molecular weight excluding hydrogens is 244 g/mol. The summed E-state index contributed by atoms with van der Waals surface area (Å²) < 4.78 is 5.80. The minimum Gasteiger partial charge on any atom is -0.474 e. The van der Waals surface area contributed by atoms with Crippen molar-refractivity contribution in [3.8, 4) is 5.88 Å². The maximum atomic E-state index is 11.3. The van der Waals surface area contributed by atoms with E-state index >= 15 is 0 Å². The number of carbonyl (C=O) groups is 1. The van der Waals surface area contributed by atoms with Gasteiger partial charge in [0.1, 0.15) is 12.2 Å². The van der Waals surface area contributed by atoms with Gasteiger partial charge >= 0.3 is 0 Å². The third-order valence-electron chi connectivity index (χ3n) is 3.24. The van der Waals surface area contributed by atoms with Gasteiger partial charge in [0, 0.05) is 18.8 Å². The van der Waals surface area contributed by atoms with Crippen molar-refractivity contribution in [2.45, 2.75) is 51.4 Å². The number of pyridine rings is 1. The van der Waals surface area contributed by atoms with Gasteiger partial charge in [-0.1, -0.05) is 0 Å². The zero-order valence-corrected chi connectivity index (χ0v) is 11.1. The molecule has 0 aromatic carbocycles. The number of amides is 1. The molecule has 1 fully saturated rings. The van der Waals surface area contributed by atoms with Gasteiger partial charge in [-0.2, -0.15) is 0 Å². The molecule has 1 unspecified atom stereocenters. The van der Waals surface area contributed by atoms with Crippen LogP contribution < -0.4 is 10.1 Å². The highest BCUT2D eigenvalue weighted by molar-refractivity contribution is 5.79. The van der Waals surface area contributed by atoms with E-state index in [0.717, 1.165) is 18.4 Å². The molecule has 1 aliphatic carbocycles. The van der Waals surface area contributed by atoms with Gasteiger partial charge in [-0.3, -0.25) is 4.79 Å². The lowest BCUT2D eigenvalue weighted by Crippen LogP contribution is -2.31. The first-order valence-corrected chi connectivity index (χ1v) is 6.72. The second-order valence-electron chi connectivity index (χ2n) is 4.92. The van der Waals surface area contributed by atoms with Crippen molar-refractivity contribution < 1.29 is 14.6 Å². The molecule has 0 radical (unpaired) electrons. The quantitative estimate of drug-likeness (QED) is 0.843. The summed E-state index contributed by atoms with van der Waals surface area (Å²) in [7, 11) is 0. The summed E-state index contributed by atoms with van der Waals surface area (Å²) in [6.45, 7) is 1.81. The van der Waals surface area contributed by atoms with E-state index in [2.05, 4.69) is 10.3 Å². The molecule has 1 aliphatic rings. The van der Waals surface area contributed by atoms with Crippen molar-refractivity contribution in [2.75, 3.05) is 0 Å². The molecule has 1 amide bonds. The molecule has 5 nitrogen and oxygen atoms in total. The normalized spacial score (nSPS) is 17.2. The molecule has 2 rings (SSSR count). The Labute approximate surface area is 113 Å². The summed E-state index contributed by atoms with van der Waals surface area (Å²) in [5.41, 5.74) is 0.914. The van der Waals surface area contributed by atoms with Gasteiger partial charge in [-0.05, 0) is 44.2 Å². The van der Waals surface area contributed by atoms with Gasteiger partial charge < -0.3 is 15.2 Å². The number of aliphatic hydroxyl groups excluding tert-OH is 1. The standard InChI is InChI=1S/C14H20N2O3/c1-10(17)14(18)16-9-11-6-7-15-13(8-11)19-12-4-2-3-5-12/h6-8,10,12,17H,2-5,9H2,1H3,(H,16,18). The Kier molecular flexibility index (Phi) is 4.74. The van der Waals surface area contributed by atoms with Gasteiger partial charge in [0.2, 0.25) is 11.8 Å². The molecule has 1 atom stereocenters. The Hall–Kier alpha value is -1.62. The molecule has 0 spiro atoms. The molecule has 5 heteroatoms. The molecule has 2 N–H and O–H groups in total. The fourth-order valence-electron chi connectivity index (χ4n) is 2.14. The molecule has 19 heavy (non-hydrogen) atoms. The predicted molar refractivity (Wildman–Crippen MR) is 70.6 cm³/mol. The second-order valence-corrected chi connectivity index (χ2v) is 4.92. The molecular formula is C14H20N2O3. The fraction of sp³-hybridized carbons (Fsp3) is 0.571. The second kappa shape index (κ2) is 6.52. The minimum absolute atomic E-state index is 0.273. The molecule has 0 aliphatic heterocycles. The topological polar surface area (TPSA) is 71.5 Å². The average Bonchev–Trinajstić information content (AvgIpc) is 2.89. The third-order valence-corrected chi connectivity index (χ3v) is 3.24. The first-order chi connectivity index (χ1) is 9.15. The summed E-state index contributed by atoms with van der Waals surface area (Å²) >= 11 is 0. The molecule has 0 saturated heterocycles. The summed E-state index contributed by atoms with van der Waals surface area (Å²) in [4.78, 5) is 15.5. The number of rotatable bonds is 5. The van der Waals surface area contributed by atoms with Crippen LogP contribution in [-0.2, 0) is 11.3 Å². The Morgan fingerprint density at radius 1 is 1.58 bits per heavy atom. The van der Waals surface area contributed by atoms with E-state index in [1.165, 1.54) is 19.8 Å². The average molecular weight is 264 g/mol. The highest BCUT2D eigenvalue weighted by Gasteiger charge is 2.17. The van der Waals surface area contributed by atoms with Crippen LogP contribution in [0.4, 0.5) is 0 Å². The molecule has 104 valence electrons. The van der Waals surface area contributed by atoms with Crippen LogP contribution in [0.25, 0.3) is 0 Å². The Morgan fingerprint density at radius 3 is 3.00 bits per heavy atom. The SMILES string of the molecule is CC(O)C(=O)NCc1ccnc(OC2CCCC2)c1. The zero-order chi connectivity index (χ0) is 13.7. The highest BCUT2D eigenvalue weighted by Crippen LogP contribution is 2.23. The van der Waals surface area contributed by atoms with Gasteiger partial charge in [0.15, 0.2) is 0 Å². The number of aliphatic hydroxyl groups is 1. The van der Waals surface area contributed by atoms with Crippen molar-refractivity contribution in [2.24, 2.45) is 0 Å². The Balaban J connectivity index is 1.89. The molecule has 1 saturated carbocycles. The molecule has 0 bridgehead atoms. The van der Waals surface area contributed by atoms with Crippen molar-refractivity contribution in [1.29, 1.82) is 0 Å². The van der Waals surface area contributed by atoms with Crippen LogP contribution in [0.5, 0.6) is 5.88 Å². The van der Waals surface area contributed by atoms with Crippen LogP contribution in [0.1, 0.15) is 38.2 Å². The lowest BCUT2D eigenvalue weighted by molar-refractivity contribution is -0.128. The van der Waals surface area contributed by atoms with Crippen LogP contribution in [0, 0.1) is 0 Å². The van der Waals surface area contributed by atoms with E-state index in [-0.39, 0.29) is 12.0 Å². The summed E-state index contributed by atoms with van der Waals surface area (Å²) in [5, 5.41) is 11.7. The Bertz CT molecular complexity index is 428. The third kappa shape index (κ3) is 4.21. The van der Waals surface area contributed by atoms with E-state index in [1.54, 1.807) is 6.20 Å². The van der Waals surface area contributed by atoms with Crippen molar-refractivity contribution in [3.05, 3.63) is 23.9 Å². The zero-order valence-electron chi connectivity index (χ0n) is 11.1.